The molecule has 7 unspecified atom stereocenters. The summed E-state index contributed by atoms with van der Waals surface area (Å²) in [6, 6.07) is 0.968. The molecular weight excluding hydrogens is 425 g/mol. The predicted molar refractivity (Wildman–Crippen MR) is 121 cm³/mol. The first-order chi connectivity index (χ1) is 15.6. The Balaban J connectivity index is 1.35. The number of nitrogens with zero attached hydrogens (tertiary/aromatic N) is 2. The van der Waals surface area contributed by atoms with Gasteiger partial charge in [0, 0.05) is 12.1 Å². The van der Waals surface area contributed by atoms with Crippen molar-refractivity contribution in [3.8, 4) is 0 Å². The molecule has 33 heavy (non-hydrogen) atoms. The third kappa shape index (κ3) is 3.97. The largest absolute Gasteiger partial charge is 0.435 e. The molecule has 0 aromatic carbocycles. The van der Waals surface area contributed by atoms with Crippen LogP contribution in [0.5, 0.6) is 0 Å². The van der Waals surface area contributed by atoms with Crippen molar-refractivity contribution in [1.82, 2.24) is 9.78 Å². The van der Waals surface area contributed by atoms with Crippen LogP contribution >= 0.6 is 0 Å². The predicted octanol–water partition coefficient (Wildman–Crippen LogP) is 7.01. The van der Waals surface area contributed by atoms with Crippen LogP contribution in [0.4, 0.5) is 13.2 Å². The van der Waals surface area contributed by atoms with Gasteiger partial charge in [-0.3, -0.25) is 9.48 Å². The van der Waals surface area contributed by atoms with Crippen LogP contribution in [0.25, 0.3) is 0 Å². The Bertz CT molecular complexity index is 879. The van der Waals surface area contributed by atoms with E-state index in [1.165, 1.54) is 49.4 Å². The van der Waals surface area contributed by atoms with Gasteiger partial charge in [0.2, 0.25) is 0 Å². The van der Waals surface area contributed by atoms with Gasteiger partial charge >= 0.3 is 6.18 Å². The SMILES string of the molecule is CC[C@@H]1C[C@H](C(=O)Cn2ccc(C(F)(F)F)n2)C2(C)CCC3C4CCC(C)CC4CCC3C12. The van der Waals surface area contributed by atoms with E-state index in [0.29, 0.717) is 11.8 Å². The van der Waals surface area contributed by atoms with Gasteiger partial charge in [-0.1, -0.05) is 33.6 Å². The second kappa shape index (κ2) is 8.41. The number of hydrogen-bond donors (Lipinski definition) is 0. The van der Waals surface area contributed by atoms with Gasteiger partial charge in [-0.15, -0.1) is 0 Å². The summed E-state index contributed by atoms with van der Waals surface area (Å²) in [6.45, 7) is 6.97. The molecule has 1 aromatic rings. The van der Waals surface area contributed by atoms with E-state index in [4.69, 9.17) is 0 Å². The highest BCUT2D eigenvalue weighted by Gasteiger charge is 2.61. The zero-order valence-electron chi connectivity index (χ0n) is 20.3. The Morgan fingerprint density at radius 1 is 1.12 bits per heavy atom. The number of carbonyl (C=O) groups excluding carboxylic acids is 1. The number of Topliss-reactive ketones (excluding diaryl/α,β-unsaturated/α-hetero) is 1. The van der Waals surface area contributed by atoms with Crippen molar-refractivity contribution in [2.75, 3.05) is 0 Å². The Labute approximate surface area is 195 Å². The van der Waals surface area contributed by atoms with Crippen LogP contribution in [-0.2, 0) is 17.5 Å². The van der Waals surface area contributed by atoms with Crippen LogP contribution in [0.2, 0.25) is 0 Å². The number of hydrogen-bond acceptors (Lipinski definition) is 2. The number of aromatic nitrogens is 2. The summed E-state index contributed by atoms with van der Waals surface area (Å²) >= 11 is 0. The third-order valence-electron chi connectivity index (χ3n) is 10.5. The number of rotatable bonds is 4. The standard InChI is InChI=1S/C27H39F3N2O/c1-4-17-14-22(23(33)15-32-12-10-24(31-32)27(28,29)30)26(3)11-9-20-19-7-5-16(2)13-18(19)6-8-21(20)25(17)26/h10,12,16-22,25H,4-9,11,13-15H2,1-3H3/t16?,17-,18?,19?,20?,21?,22-,25?,26?/m1/s1. The molecule has 5 rings (SSSR count). The third-order valence-corrected chi connectivity index (χ3v) is 10.5. The topological polar surface area (TPSA) is 34.9 Å². The summed E-state index contributed by atoms with van der Waals surface area (Å²) < 4.78 is 40.1. The van der Waals surface area contributed by atoms with Crippen molar-refractivity contribution < 1.29 is 18.0 Å². The maximum Gasteiger partial charge on any atom is 0.435 e. The summed E-state index contributed by atoms with van der Waals surface area (Å²) in [4.78, 5) is 13.5. The van der Waals surface area contributed by atoms with Crippen molar-refractivity contribution in [2.45, 2.75) is 91.3 Å². The van der Waals surface area contributed by atoms with Gasteiger partial charge < -0.3 is 0 Å². The van der Waals surface area contributed by atoms with Gasteiger partial charge in [0.25, 0.3) is 0 Å². The lowest BCUT2D eigenvalue weighted by Gasteiger charge is -2.57. The zero-order chi connectivity index (χ0) is 23.5. The first-order valence-corrected chi connectivity index (χ1v) is 13.2. The lowest BCUT2D eigenvalue weighted by atomic mass is 9.48. The lowest BCUT2D eigenvalue weighted by molar-refractivity contribution is -0.142. The average molecular weight is 465 g/mol. The van der Waals surface area contributed by atoms with E-state index in [1.54, 1.807) is 0 Å². The van der Waals surface area contributed by atoms with Crippen LogP contribution in [-0.4, -0.2) is 15.6 Å². The van der Waals surface area contributed by atoms with E-state index < -0.39 is 11.9 Å². The summed E-state index contributed by atoms with van der Waals surface area (Å²) in [6.07, 6.45) is 7.97. The van der Waals surface area contributed by atoms with E-state index >= 15 is 0 Å². The van der Waals surface area contributed by atoms with Crippen LogP contribution in [0.3, 0.4) is 0 Å². The molecule has 0 radical (unpaired) electrons. The summed E-state index contributed by atoms with van der Waals surface area (Å²) in [5.41, 5.74) is -0.940. The van der Waals surface area contributed by atoms with Gasteiger partial charge in [0.05, 0.1) is 6.54 Å². The van der Waals surface area contributed by atoms with Crippen LogP contribution in [0, 0.1) is 52.8 Å². The van der Waals surface area contributed by atoms with Crippen molar-refractivity contribution in [1.29, 1.82) is 0 Å². The van der Waals surface area contributed by atoms with Crippen molar-refractivity contribution in [3.63, 3.8) is 0 Å². The number of alkyl halides is 3. The molecule has 0 aliphatic heterocycles. The molecule has 4 saturated carbocycles. The molecule has 184 valence electrons. The molecular formula is C27H39F3N2O. The number of carbonyl (C=O) groups is 1. The van der Waals surface area contributed by atoms with Crippen molar-refractivity contribution >= 4 is 5.78 Å². The van der Waals surface area contributed by atoms with Gasteiger partial charge in [0.15, 0.2) is 11.5 Å². The summed E-state index contributed by atoms with van der Waals surface area (Å²) in [7, 11) is 0. The Morgan fingerprint density at radius 3 is 2.58 bits per heavy atom. The Morgan fingerprint density at radius 2 is 1.88 bits per heavy atom. The zero-order valence-corrected chi connectivity index (χ0v) is 20.3. The van der Waals surface area contributed by atoms with E-state index in [-0.39, 0.29) is 23.7 Å². The van der Waals surface area contributed by atoms with Crippen molar-refractivity contribution in [3.05, 3.63) is 18.0 Å². The molecule has 9 atom stereocenters. The second-order valence-electron chi connectivity index (χ2n) is 12.1. The maximum absolute atomic E-state index is 13.5. The monoisotopic (exact) mass is 464 g/mol. The summed E-state index contributed by atoms with van der Waals surface area (Å²) in [5.74, 6) is 5.35. The summed E-state index contributed by atoms with van der Waals surface area (Å²) in [5, 5.41) is 3.65. The van der Waals surface area contributed by atoms with E-state index in [0.717, 1.165) is 54.9 Å². The fourth-order valence-corrected chi connectivity index (χ4v) is 9.17. The molecule has 0 bridgehead atoms. The van der Waals surface area contributed by atoms with Gasteiger partial charge in [-0.25, -0.2) is 0 Å². The Hall–Kier alpha value is -1.33. The highest BCUT2D eigenvalue weighted by atomic mass is 19.4. The van der Waals surface area contributed by atoms with Gasteiger partial charge in [-0.2, -0.15) is 18.3 Å². The van der Waals surface area contributed by atoms with Gasteiger partial charge in [-0.05, 0) is 97.9 Å². The fourth-order valence-electron chi connectivity index (χ4n) is 9.17. The van der Waals surface area contributed by atoms with Crippen LogP contribution < -0.4 is 0 Å². The molecule has 0 amide bonds. The molecule has 6 heteroatoms. The fraction of sp³-hybridized carbons (Fsp3) is 0.852. The van der Waals surface area contributed by atoms with E-state index in [9.17, 15) is 18.0 Å². The quantitative estimate of drug-likeness (QED) is 0.480. The van der Waals surface area contributed by atoms with E-state index in [2.05, 4.69) is 25.9 Å². The molecule has 4 aliphatic carbocycles. The Kier molecular flexibility index (Phi) is 5.96. The minimum Gasteiger partial charge on any atom is -0.297 e. The minimum atomic E-state index is -4.47. The average Bonchev–Trinajstić information content (AvgIpc) is 3.35. The highest BCUT2D eigenvalue weighted by molar-refractivity contribution is 5.82. The first-order valence-electron chi connectivity index (χ1n) is 13.2. The first kappa shape index (κ1) is 23.4. The number of ketones is 1. The smallest absolute Gasteiger partial charge is 0.297 e. The van der Waals surface area contributed by atoms with E-state index in [1.807, 2.05) is 0 Å². The molecule has 0 spiro atoms. The molecule has 4 fully saturated rings. The van der Waals surface area contributed by atoms with Crippen molar-refractivity contribution in [2.24, 2.45) is 52.8 Å². The molecule has 0 N–H and O–H groups in total. The molecule has 0 saturated heterocycles. The second-order valence-corrected chi connectivity index (χ2v) is 12.1. The molecule has 1 heterocycles. The highest BCUT2D eigenvalue weighted by Crippen LogP contribution is 2.66. The van der Waals surface area contributed by atoms with Gasteiger partial charge in [0.1, 0.15) is 0 Å². The normalized spacial score (nSPS) is 43.0. The van der Waals surface area contributed by atoms with Crippen LogP contribution in [0.15, 0.2) is 12.3 Å². The molecule has 1 aromatic heterocycles. The molecule has 4 aliphatic rings. The van der Waals surface area contributed by atoms with Crippen LogP contribution in [0.1, 0.15) is 84.3 Å². The lowest BCUT2D eigenvalue weighted by Crippen LogP contribution is -2.50. The molecule has 3 nitrogen and oxygen atoms in total. The maximum atomic E-state index is 13.5. The number of fused-ring (bicyclic) bond motifs is 5. The minimum absolute atomic E-state index is 0.0201. The number of halogens is 3.